The zero-order valence-electron chi connectivity index (χ0n) is 23.2. The molecule has 10 heteroatoms. The number of aliphatic carboxylic acids is 1. The van der Waals surface area contributed by atoms with E-state index in [0.717, 1.165) is 19.3 Å². The van der Waals surface area contributed by atoms with Gasteiger partial charge in [-0.1, -0.05) is 45.4 Å². The number of amides is 3. The third-order valence-corrected chi connectivity index (χ3v) is 7.27. The molecule has 3 aliphatic rings. The SMILES string of the molecule is C=C(O[C@@H]1C[C@H]2C(=O)N[C@]3(C(=O)O)C[C@H]3/C=C\CCCCC[C@H](NC(=O)OC(C)(C)C)C(=O)N2C1)C(C)C. The van der Waals surface area contributed by atoms with Crippen LogP contribution < -0.4 is 10.6 Å². The van der Waals surface area contributed by atoms with Gasteiger partial charge in [0.2, 0.25) is 11.8 Å². The normalized spacial score (nSPS) is 31.2. The van der Waals surface area contributed by atoms with Crippen molar-refractivity contribution < 1.29 is 33.8 Å². The molecule has 2 heterocycles. The molecule has 0 radical (unpaired) electrons. The van der Waals surface area contributed by atoms with Crippen molar-refractivity contribution in [2.24, 2.45) is 11.8 Å². The number of hydrogen-bond acceptors (Lipinski definition) is 6. The monoisotopic (exact) mass is 533 g/mol. The molecule has 3 amide bonds. The van der Waals surface area contributed by atoms with Crippen molar-refractivity contribution in [2.45, 2.75) is 109 Å². The molecule has 0 spiro atoms. The highest BCUT2D eigenvalue weighted by molar-refractivity contribution is 5.96. The molecule has 5 atom stereocenters. The molecule has 0 unspecified atom stereocenters. The van der Waals surface area contributed by atoms with Gasteiger partial charge in [-0.2, -0.15) is 0 Å². The number of allylic oxidation sites excluding steroid dienone is 2. The molecular formula is C28H43N3O7. The third kappa shape index (κ3) is 7.29. The van der Waals surface area contributed by atoms with E-state index in [0.29, 0.717) is 25.0 Å². The summed E-state index contributed by atoms with van der Waals surface area (Å²) >= 11 is 0. The van der Waals surface area contributed by atoms with Crippen molar-refractivity contribution in [2.75, 3.05) is 6.54 Å². The van der Waals surface area contributed by atoms with Gasteiger partial charge in [-0.05, 0) is 46.5 Å². The number of carboxylic acid groups (broad SMARTS) is 1. The number of nitrogens with one attached hydrogen (secondary N) is 2. The highest BCUT2D eigenvalue weighted by atomic mass is 16.6. The Morgan fingerprint density at radius 1 is 1.24 bits per heavy atom. The van der Waals surface area contributed by atoms with Gasteiger partial charge in [0.1, 0.15) is 29.3 Å². The molecule has 0 bridgehead atoms. The summed E-state index contributed by atoms with van der Waals surface area (Å²) in [5.74, 6) is -1.75. The van der Waals surface area contributed by atoms with Gasteiger partial charge >= 0.3 is 12.1 Å². The maximum absolute atomic E-state index is 13.9. The summed E-state index contributed by atoms with van der Waals surface area (Å²) in [5, 5.41) is 15.4. The molecule has 0 aromatic heterocycles. The van der Waals surface area contributed by atoms with Gasteiger partial charge < -0.3 is 30.1 Å². The smallest absolute Gasteiger partial charge is 0.408 e. The maximum Gasteiger partial charge on any atom is 0.408 e. The first-order chi connectivity index (χ1) is 17.7. The quantitative estimate of drug-likeness (QED) is 0.364. The van der Waals surface area contributed by atoms with E-state index in [1.165, 1.54) is 4.90 Å². The molecule has 38 heavy (non-hydrogen) atoms. The summed E-state index contributed by atoms with van der Waals surface area (Å²) in [5.41, 5.74) is -2.12. The van der Waals surface area contributed by atoms with Crippen molar-refractivity contribution in [3.63, 3.8) is 0 Å². The molecule has 3 N–H and O–H groups in total. The van der Waals surface area contributed by atoms with Crippen LogP contribution in [0.5, 0.6) is 0 Å². The minimum absolute atomic E-state index is 0.0495. The van der Waals surface area contributed by atoms with E-state index in [9.17, 15) is 24.3 Å². The van der Waals surface area contributed by atoms with Crippen LogP contribution in [0.25, 0.3) is 0 Å². The Hall–Kier alpha value is -3.04. The molecule has 1 saturated heterocycles. The first-order valence-electron chi connectivity index (χ1n) is 13.6. The van der Waals surface area contributed by atoms with Gasteiger partial charge in [-0.3, -0.25) is 9.59 Å². The van der Waals surface area contributed by atoms with Crippen LogP contribution in [0.15, 0.2) is 24.5 Å². The van der Waals surface area contributed by atoms with Crippen LogP contribution in [0.1, 0.15) is 79.6 Å². The summed E-state index contributed by atoms with van der Waals surface area (Å²) < 4.78 is 11.4. The number of alkyl carbamates (subject to hydrolysis) is 1. The lowest BCUT2D eigenvalue weighted by Crippen LogP contribution is -2.56. The zero-order chi connectivity index (χ0) is 28.3. The van der Waals surface area contributed by atoms with E-state index in [2.05, 4.69) is 17.2 Å². The number of carboxylic acids is 1. The molecule has 212 valence electrons. The molecular weight excluding hydrogens is 490 g/mol. The molecule has 1 saturated carbocycles. The Bertz CT molecular complexity index is 970. The first kappa shape index (κ1) is 29.5. The van der Waals surface area contributed by atoms with Gasteiger partial charge in [0.15, 0.2) is 0 Å². The molecule has 1 aliphatic carbocycles. The van der Waals surface area contributed by atoms with Gasteiger partial charge in [-0.15, -0.1) is 0 Å². The second-order valence-electron chi connectivity index (χ2n) is 11.9. The average Bonchev–Trinajstić information content (AvgIpc) is 3.33. The fraction of sp³-hybridized carbons (Fsp3) is 0.714. The third-order valence-electron chi connectivity index (χ3n) is 7.27. The Morgan fingerprint density at radius 2 is 1.95 bits per heavy atom. The lowest BCUT2D eigenvalue weighted by Gasteiger charge is -2.30. The summed E-state index contributed by atoms with van der Waals surface area (Å²) in [6.07, 6.45) is 6.69. The fourth-order valence-corrected chi connectivity index (χ4v) is 4.95. The van der Waals surface area contributed by atoms with Gasteiger partial charge in [0, 0.05) is 18.3 Å². The predicted molar refractivity (Wildman–Crippen MR) is 141 cm³/mol. The molecule has 10 nitrogen and oxygen atoms in total. The average molecular weight is 534 g/mol. The largest absolute Gasteiger partial charge is 0.493 e. The highest BCUT2D eigenvalue weighted by Gasteiger charge is 2.61. The molecule has 0 aromatic rings. The summed E-state index contributed by atoms with van der Waals surface area (Å²) in [7, 11) is 0. The minimum Gasteiger partial charge on any atom is -0.493 e. The Kier molecular flexibility index (Phi) is 9.15. The topological polar surface area (TPSA) is 134 Å². The maximum atomic E-state index is 13.9. The number of fused-ring (bicyclic) bond motifs is 2. The number of rotatable bonds is 5. The molecule has 2 aliphatic heterocycles. The lowest BCUT2D eigenvalue weighted by atomic mass is 10.0. The standard InChI is InChI=1S/C28H43N3O7/c1-17(2)18(3)37-20-14-22-23(32)30-28(25(34)35)15-19(28)12-10-8-7-9-11-13-21(24(33)31(22)16-20)29-26(36)38-27(4,5)6/h10,12,17,19-22H,3,7-9,11,13-16H2,1-2,4-6H3,(H,29,36)(H,30,32)(H,34,35)/b12-10-/t19-,20-,21+,22+,28-/m1/s1. The summed E-state index contributed by atoms with van der Waals surface area (Å²) in [6, 6.07) is -1.84. The van der Waals surface area contributed by atoms with Crippen molar-refractivity contribution in [1.29, 1.82) is 0 Å². The van der Waals surface area contributed by atoms with Crippen molar-refractivity contribution in [3.8, 4) is 0 Å². The number of nitrogens with zero attached hydrogens (tertiary/aromatic N) is 1. The van der Waals surface area contributed by atoms with Gasteiger partial charge in [0.25, 0.3) is 0 Å². The van der Waals surface area contributed by atoms with E-state index < -0.39 is 53.2 Å². The van der Waals surface area contributed by atoms with Crippen LogP contribution in [0.3, 0.4) is 0 Å². The number of carbonyl (C=O) groups is 4. The second kappa shape index (κ2) is 11.8. The van der Waals surface area contributed by atoms with E-state index >= 15 is 0 Å². The number of hydrogen-bond donors (Lipinski definition) is 3. The number of ether oxygens (including phenoxy) is 2. The van der Waals surface area contributed by atoms with Crippen LogP contribution >= 0.6 is 0 Å². The Balaban J connectivity index is 1.89. The predicted octanol–water partition coefficient (Wildman–Crippen LogP) is 3.52. The summed E-state index contributed by atoms with van der Waals surface area (Å²) in [4.78, 5) is 53.6. The van der Waals surface area contributed by atoms with Gasteiger partial charge in [-0.25, -0.2) is 9.59 Å². The van der Waals surface area contributed by atoms with E-state index in [4.69, 9.17) is 9.47 Å². The molecule has 2 fully saturated rings. The zero-order valence-corrected chi connectivity index (χ0v) is 23.2. The van der Waals surface area contributed by atoms with E-state index in [1.54, 1.807) is 20.8 Å². The number of carbonyl (C=O) groups excluding carboxylic acids is 3. The van der Waals surface area contributed by atoms with Crippen molar-refractivity contribution >= 4 is 23.9 Å². The van der Waals surface area contributed by atoms with Crippen molar-refractivity contribution in [1.82, 2.24) is 15.5 Å². The Labute approximate surface area is 225 Å². The summed E-state index contributed by atoms with van der Waals surface area (Å²) in [6.45, 7) is 13.2. The van der Waals surface area contributed by atoms with Crippen LogP contribution in [-0.2, 0) is 23.9 Å². The van der Waals surface area contributed by atoms with Crippen LogP contribution in [0.2, 0.25) is 0 Å². The van der Waals surface area contributed by atoms with Gasteiger partial charge in [0.05, 0.1) is 12.3 Å². The van der Waals surface area contributed by atoms with Crippen LogP contribution in [0, 0.1) is 11.8 Å². The second-order valence-corrected chi connectivity index (χ2v) is 11.9. The first-order valence-corrected chi connectivity index (χ1v) is 13.6. The Morgan fingerprint density at radius 3 is 2.58 bits per heavy atom. The van der Waals surface area contributed by atoms with Crippen LogP contribution in [-0.4, -0.2) is 69.8 Å². The van der Waals surface area contributed by atoms with Crippen molar-refractivity contribution in [3.05, 3.63) is 24.5 Å². The fourth-order valence-electron chi connectivity index (χ4n) is 4.95. The molecule has 0 aromatic carbocycles. The lowest BCUT2D eigenvalue weighted by molar-refractivity contribution is -0.145. The van der Waals surface area contributed by atoms with Crippen LogP contribution in [0.4, 0.5) is 4.79 Å². The minimum atomic E-state index is -1.38. The molecule has 3 rings (SSSR count). The van der Waals surface area contributed by atoms with E-state index in [-0.39, 0.29) is 24.8 Å². The highest BCUT2D eigenvalue weighted by Crippen LogP contribution is 2.45. The van der Waals surface area contributed by atoms with E-state index in [1.807, 2.05) is 26.0 Å².